The normalized spacial score (nSPS) is 11.0. The number of carbonyl (C=O) groups excluding carboxylic acids is 1. The molecular weight excluding hydrogens is 396 g/mol. The molecule has 0 aliphatic carbocycles. The molecular formula is C21H21ClN2O3S. The number of aromatic nitrogens is 2. The first-order valence-electron chi connectivity index (χ1n) is 8.90. The SMILES string of the molecule is COc1ccc(C)cc1-n1c(SCCCC(C)=O)nc2cc(Cl)ccc2c1=O. The Balaban J connectivity index is 2.18. The number of halogens is 1. The van der Waals surface area contributed by atoms with E-state index in [1.165, 1.54) is 11.8 Å². The number of benzene rings is 2. The van der Waals surface area contributed by atoms with Gasteiger partial charge in [0.05, 0.1) is 23.7 Å². The predicted octanol–water partition coefficient (Wildman–Crippen LogP) is 4.82. The molecule has 0 unspecified atom stereocenters. The molecule has 2 aromatic carbocycles. The molecule has 3 rings (SSSR count). The summed E-state index contributed by atoms with van der Waals surface area (Å²) in [6.07, 6.45) is 1.22. The molecule has 146 valence electrons. The maximum atomic E-state index is 13.3. The lowest BCUT2D eigenvalue weighted by molar-refractivity contribution is -0.117. The van der Waals surface area contributed by atoms with Crippen molar-refractivity contribution in [3.05, 3.63) is 57.3 Å². The van der Waals surface area contributed by atoms with Crippen molar-refractivity contribution < 1.29 is 9.53 Å². The van der Waals surface area contributed by atoms with Crippen LogP contribution >= 0.6 is 23.4 Å². The molecule has 28 heavy (non-hydrogen) atoms. The lowest BCUT2D eigenvalue weighted by atomic mass is 10.2. The topological polar surface area (TPSA) is 61.2 Å². The van der Waals surface area contributed by atoms with Gasteiger partial charge in [0.25, 0.3) is 5.56 Å². The zero-order valence-electron chi connectivity index (χ0n) is 16.0. The Morgan fingerprint density at radius 3 is 2.75 bits per heavy atom. The third kappa shape index (κ3) is 4.39. The van der Waals surface area contributed by atoms with Crippen molar-refractivity contribution >= 4 is 40.0 Å². The van der Waals surface area contributed by atoms with E-state index in [0.717, 1.165) is 5.56 Å². The molecule has 5 nitrogen and oxygen atoms in total. The van der Waals surface area contributed by atoms with E-state index in [-0.39, 0.29) is 11.3 Å². The standard InChI is InChI=1S/C21H21ClN2O3S/c1-13-6-9-19(27-3)18(11-13)24-20(26)16-8-7-15(22)12-17(16)23-21(24)28-10-4-5-14(2)25/h6-9,11-12H,4-5,10H2,1-3H3. The van der Waals surface area contributed by atoms with Gasteiger partial charge < -0.3 is 9.53 Å². The largest absolute Gasteiger partial charge is 0.495 e. The molecule has 0 saturated heterocycles. The van der Waals surface area contributed by atoms with Crippen LogP contribution in [0.4, 0.5) is 0 Å². The Bertz CT molecular complexity index is 1090. The van der Waals surface area contributed by atoms with Gasteiger partial charge in [0.15, 0.2) is 5.16 Å². The highest BCUT2D eigenvalue weighted by molar-refractivity contribution is 7.99. The molecule has 0 N–H and O–H groups in total. The van der Waals surface area contributed by atoms with Gasteiger partial charge in [-0.25, -0.2) is 4.98 Å². The number of nitrogens with zero attached hydrogens (tertiary/aromatic N) is 2. The van der Waals surface area contributed by atoms with E-state index in [4.69, 9.17) is 21.3 Å². The van der Waals surface area contributed by atoms with E-state index in [9.17, 15) is 9.59 Å². The van der Waals surface area contributed by atoms with Gasteiger partial charge in [0, 0.05) is 17.2 Å². The summed E-state index contributed by atoms with van der Waals surface area (Å²) in [6.45, 7) is 3.54. The number of Topliss-reactive ketones (excluding diaryl/α,β-unsaturated/α-hetero) is 1. The highest BCUT2D eigenvalue weighted by Crippen LogP contribution is 2.29. The Morgan fingerprint density at radius 2 is 2.04 bits per heavy atom. The Morgan fingerprint density at radius 1 is 1.25 bits per heavy atom. The number of ketones is 1. The van der Waals surface area contributed by atoms with E-state index in [0.29, 0.717) is 51.1 Å². The smallest absolute Gasteiger partial charge is 0.266 e. The van der Waals surface area contributed by atoms with Gasteiger partial charge in [-0.1, -0.05) is 29.4 Å². The van der Waals surface area contributed by atoms with E-state index in [2.05, 4.69) is 0 Å². The third-order valence-corrected chi connectivity index (χ3v) is 5.54. The molecule has 0 amide bonds. The number of fused-ring (bicyclic) bond motifs is 1. The van der Waals surface area contributed by atoms with Crippen molar-refractivity contribution in [1.29, 1.82) is 0 Å². The van der Waals surface area contributed by atoms with Crippen LogP contribution in [0.25, 0.3) is 16.6 Å². The number of hydrogen-bond donors (Lipinski definition) is 0. The second-order valence-corrected chi connectivity index (χ2v) is 8.02. The summed E-state index contributed by atoms with van der Waals surface area (Å²) < 4.78 is 7.07. The maximum Gasteiger partial charge on any atom is 0.266 e. The predicted molar refractivity (Wildman–Crippen MR) is 114 cm³/mol. The molecule has 0 aliphatic rings. The van der Waals surface area contributed by atoms with Crippen LogP contribution in [0.5, 0.6) is 5.75 Å². The van der Waals surface area contributed by atoms with Crippen LogP contribution < -0.4 is 10.3 Å². The van der Waals surface area contributed by atoms with E-state index >= 15 is 0 Å². The Hall–Kier alpha value is -2.31. The number of rotatable bonds is 7. The summed E-state index contributed by atoms with van der Waals surface area (Å²) in [6, 6.07) is 10.7. The molecule has 0 radical (unpaired) electrons. The van der Waals surface area contributed by atoms with Gasteiger partial charge in [-0.2, -0.15) is 0 Å². The average molecular weight is 417 g/mol. The Labute approximate surface area is 172 Å². The first kappa shape index (κ1) is 20.4. The fourth-order valence-corrected chi connectivity index (χ4v) is 4.02. The van der Waals surface area contributed by atoms with Crippen LogP contribution in [0.15, 0.2) is 46.3 Å². The zero-order valence-corrected chi connectivity index (χ0v) is 17.6. The van der Waals surface area contributed by atoms with Crippen LogP contribution in [0.1, 0.15) is 25.3 Å². The number of hydrogen-bond acceptors (Lipinski definition) is 5. The highest BCUT2D eigenvalue weighted by atomic mass is 35.5. The van der Waals surface area contributed by atoms with E-state index in [1.54, 1.807) is 36.8 Å². The molecule has 3 aromatic rings. The van der Waals surface area contributed by atoms with Crippen LogP contribution in [0, 0.1) is 6.92 Å². The average Bonchev–Trinajstić information content (AvgIpc) is 2.65. The van der Waals surface area contributed by atoms with Crippen molar-refractivity contribution in [3.8, 4) is 11.4 Å². The fraction of sp³-hybridized carbons (Fsp3) is 0.286. The number of aryl methyl sites for hydroxylation is 1. The van der Waals surface area contributed by atoms with Crippen LogP contribution in [0.3, 0.4) is 0 Å². The minimum atomic E-state index is -0.181. The molecule has 1 aromatic heterocycles. The van der Waals surface area contributed by atoms with Crippen molar-refractivity contribution in [2.75, 3.05) is 12.9 Å². The molecule has 0 aliphatic heterocycles. The van der Waals surface area contributed by atoms with E-state index < -0.39 is 0 Å². The third-order valence-electron chi connectivity index (χ3n) is 4.28. The number of thioether (sulfide) groups is 1. The van der Waals surface area contributed by atoms with Gasteiger partial charge in [0.1, 0.15) is 11.5 Å². The second kappa shape index (κ2) is 8.80. The van der Waals surface area contributed by atoms with Crippen molar-refractivity contribution in [2.24, 2.45) is 0 Å². The molecule has 0 fully saturated rings. The van der Waals surface area contributed by atoms with Crippen LogP contribution in [-0.4, -0.2) is 28.2 Å². The quantitative estimate of drug-likeness (QED) is 0.314. The molecule has 0 bridgehead atoms. The molecule has 7 heteroatoms. The van der Waals surface area contributed by atoms with Crippen molar-refractivity contribution in [2.45, 2.75) is 31.8 Å². The molecule has 0 atom stereocenters. The van der Waals surface area contributed by atoms with E-state index in [1.807, 2.05) is 25.1 Å². The summed E-state index contributed by atoms with van der Waals surface area (Å²) in [4.78, 5) is 29.3. The zero-order chi connectivity index (χ0) is 20.3. The van der Waals surface area contributed by atoms with Crippen LogP contribution in [-0.2, 0) is 4.79 Å². The first-order valence-corrected chi connectivity index (χ1v) is 10.3. The summed E-state index contributed by atoms with van der Waals surface area (Å²) in [5.41, 5.74) is 2.02. The number of ether oxygens (including phenoxy) is 1. The van der Waals surface area contributed by atoms with Gasteiger partial charge in [-0.15, -0.1) is 0 Å². The second-order valence-electron chi connectivity index (χ2n) is 6.53. The van der Waals surface area contributed by atoms with Gasteiger partial charge >= 0.3 is 0 Å². The maximum absolute atomic E-state index is 13.3. The van der Waals surface area contributed by atoms with Crippen molar-refractivity contribution in [1.82, 2.24) is 9.55 Å². The highest BCUT2D eigenvalue weighted by Gasteiger charge is 2.17. The Kier molecular flexibility index (Phi) is 6.42. The lowest BCUT2D eigenvalue weighted by Crippen LogP contribution is -2.22. The minimum Gasteiger partial charge on any atom is -0.495 e. The van der Waals surface area contributed by atoms with Gasteiger partial charge in [-0.05, 0) is 56.2 Å². The summed E-state index contributed by atoms with van der Waals surface area (Å²) in [5.74, 6) is 1.41. The fourth-order valence-electron chi connectivity index (χ4n) is 2.91. The van der Waals surface area contributed by atoms with Crippen molar-refractivity contribution in [3.63, 3.8) is 0 Å². The molecule has 1 heterocycles. The lowest BCUT2D eigenvalue weighted by Gasteiger charge is -2.16. The number of carbonyl (C=O) groups is 1. The monoisotopic (exact) mass is 416 g/mol. The summed E-state index contributed by atoms with van der Waals surface area (Å²) in [7, 11) is 1.58. The molecule has 0 spiro atoms. The first-order chi connectivity index (χ1) is 13.4. The summed E-state index contributed by atoms with van der Waals surface area (Å²) in [5, 5.41) is 1.56. The van der Waals surface area contributed by atoms with Gasteiger partial charge in [-0.3, -0.25) is 9.36 Å². The van der Waals surface area contributed by atoms with Crippen LogP contribution in [0.2, 0.25) is 5.02 Å². The van der Waals surface area contributed by atoms with Gasteiger partial charge in [0.2, 0.25) is 0 Å². The summed E-state index contributed by atoms with van der Waals surface area (Å²) >= 11 is 7.54. The minimum absolute atomic E-state index is 0.150. The number of methoxy groups -OCH3 is 1. The molecule has 0 saturated carbocycles.